The lowest BCUT2D eigenvalue weighted by atomic mass is 10.5. The number of pyridine rings is 1. The molecule has 0 aliphatic rings. The molecule has 0 aliphatic heterocycles. The van der Waals surface area contributed by atoms with Crippen molar-refractivity contribution in [3.05, 3.63) is 29.7 Å². The minimum absolute atomic E-state index is 0.0328. The van der Waals surface area contributed by atoms with Crippen molar-refractivity contribution >= 4 is 16.0 Å². The molecule has 8 heteroatoms. The number of halogens is 5. The van der Waals surface area contributed by atoms with Gasteiger partial charge in [0.1, 0.15) is 11.1 Å². The van der Waals surface area contributed by atoms with E-state index in [1.165, 1.54) is 0 Å². The third kappa shape index (κ3) is 2.32. The van der Waals surface area contributed by atoms with E-state index in [2.05, 4.69) is 9.83 Å². The number of aromatic nitrogens is 1. The van der Waals surface area contributed by atoms with Crippen LogP contribution in [0.2, 0.25) is 0 Å². The van der Waals surface area contributed by atoms with Crippen LogP contribution in [0.15, 0.2) is 23.2 Å². The molecule has 0 saturated heterocycles. The molecule has 0 unspecified atom stereocenters. The first-order valence-corrected chi connectivity index (χ1v) is 5.06. The zero-order chi connectivity index (χ0) is 11.1. The Morgan fingerprint density at radius 3 is 2.00 bits per heavy atom. The highest BCUT2D eigenvalue weighted by molar-refractivity contribution is 8.45. The molecule has 0 aromatic carbocycles. The molecule has 0 fully saturated rings. The molecule has 0 bridgehead atoms. The van der Waals surface area contributed by atoms with Crippen LogP contribution in [0.1, 0.15) is 0 Å². The van der Waals surface area contributed by atoms with Crippen molar-refractivity contribution in [1.82, 2.24) is 4.98 Å². The van der Waals surface area contributed by atoms with Gasteiger partial charge >= 0.3 is 10.2 Å². The molecule has 1 aromatic rings. The molecule has 1 heterocycles. The lowest BCUT2D eigenvalue weighted by molar-refractivity contribution is 0.363. The molecular formula is C6H3F5N2S. The number of hydrogen-bond acceptors (Lipinski definition) is 1. The second-order valence-corrected chi connectivity index (χ2v) is 4.84. The second-order valence-electron chi connectivity index (χ2n) is 2.43. The van der Waals surface area contributed by atoms with Gasteiger partial charge in [-0.25, -0.2) is 0 Å². The van der Waals surface area contributed by atoms with E-state index in [9.17, 15) is 19.4 Å². The Bertz CT molecular complexity index is 400. The predicted octanol–water partition coefficient (Wildman–Crippen LogP) is 4.29. The zero-order valence-electron chi connectivity index (χ0n) is 6.42. The normalized spacial score (nSPS) is 16.6. The minimum Gasteiger partial charge on any atom is -0.361 e. The highest BCUT2D eigenvalue weighted by Crippen LogP contribution is 3.02. The number of nitrogens with zero attached hydrogens (tertiary/aromatic N) is 2. The molecule has 0 saturated carbocycles. The monoisotopic (exact) mass is 230 g/mol. The Morgan fingerprint density at radius 1 is 1.14 bits per heavy atom. The van der Waals surface area contributed by atoms with E-state index >= 15 is 0 Å². The van der Waals surface area contributed by atoms with E-state index in [-0.39, 0.29) is 18.1 Å². The van der Waals surface area contributed by atoms with Crippen molar-refractivity contribution in [2.75, 3.05) is 0 Å². The van der Waals surface area contributed by atoms with Crippen LogP contribution < -0.4 is 0 Å². The van der Waals surface area contributed by atoms with E-state index in [0.29, 0.717) is 6.07 Å². The van der Waals surface area contributed by atoms with Crippen LogP contribution in [-0.2, 0) is 0 Å². The summed E-state index contributed by atoms with van der Waals surface area (Å²) in [5.74, 6) is -0.365. The standard InChI is InChI=1S/C6H3F5N2S/c1-12-6-3-2-5(4-13-6)14(7,8,9,10)11/h2-4H. The second kappa shape index (κ2) is 2.17. The van der Waals surface area contributed by atoms with E-state index in [4.69, 9.17) is 6.57 Å². The van der Waals surface area contributed by atoms with Crippen molar-refractivity contribution < 1.29 is 19.4 Å². The predicted molar refractivity (Wildman–Crippen MR) is 41.9 cm³/mol. The summed E-state index contributed by atoms with van der Waals surface area (Å²) in [5.41, 5.74) is 0. The van der Waals surface area contributed by atoms with E-state index < -0.39 is 15.1 Å². The Balaban J connectivity index is 3.33. The SMILES string of the molecule is [C-]#[N+]c1ccc(S(F)(F)(F)(F)F)cn1. The quantitative estimate of drug-likeness (QED) is 0.519. The fourth-order valence-electron chi connectivity index (χ4n) is 0.667. The molecule has 14 heavy (non-hydrogen) atoms. The van der Waals surface area contributed by atoms with Gasteiger partial charge in [0.25, 0.3) is 5.82 Å². The smallest absolute Gasteiger partial charge is 0.313 e. The van der Waals surface area contributed by atoms with Gasteiger partial charge in [-0.1, -0.05) is 26.0 Å². The average molecular weight is 230 g/mol. The molecule has 0 aliphatic carbocycles. The molecule has 78 valence electrons. The average Bonchev–Trinajstić information content (AvgIpc) is 2.01. The molecule has 0 N–H and O–H groups in total. The summed E-state index contributed by atoms with van der Waals surface area (Å²) in [5, 5.41) is 0. The zero-order valence-corrected chi connectivity index (χ0v) is 7.24. The first kappa shape index (κ1) is 10.7. The molecule has 0 spiro atoms. The highest BCUT2D eigenvalue weighted by Gasteiger charge is 2.66. The summed E-state index contributed by atoms with van der Waals surface area (Å²) in [6.07, 6.45) is -0.0328. The third-order valence-corrected chi connectivity index (χ3v) is 2.41. The van der Waals surface area contributed by atoms with Crippen LogP contribution in [0.3, 0.4) is 0 Å². The largest absolute Gasteiger partial charge is 0.361 e. The highest BCUT2D eigenvalue weighted by atomic mass is 32.5. The maximum atomic E-state index is 12.1. The molecule has 0 atom stereocenters. The van der Waals surface area contributed by atoms with Gasteiger partial charge in [0.05, 0.1) is 0 Å². The van der Waals surface area contributed by atoms with Gasteiger partial charge in [-0.2, -0.15) is 0 Å². The maximum Gasteiger partial charge on any atom is 0.313 e. The van der Waals surface area contributed by atoms with Gasteiger partial charge in [-0.05, 0) is 12.1 Å². The van der Waals surface area contributed by atoms with Crippen molar-refractivity contribution in [3.63, 3.8) is 0 Å². The van der Waals surface area contributed by atoms with Crippen LogP contribution >= 0.6 is 10.2 Å². The van der Waals surface area contributed by atoms with Crippen LogP contribution in [0.25, 0.3) is 4.85 Å². The molecule has 0 amide bonds. The maximum absolute atomic E-state index is 12.1. The van der Waals surface area contributed by atoms with Crippen molar-refractivity contribution in [3.8, 4) is 0 Å². The van der Waals surface area contributed by atoms with Crippen molar-refractivity contribution in [1.29, 1.82) is 0 Å². The van der Waals surface area contributed by atoms with Gasteiger partial charge in [0.2, 0.25) is 0 Å². The fraction of sp³-hybridized carbons (Fsp3) is 0. The van der Waals surface area contributed by atoms with Crippen molar-refractivity contribution in [2.45, 2.75) is 4.90 Å². The summed E-state index contributed by atoms with van der Waals surface area (Å²) in [4.78, 5) is 3.52. The summed E-state index contributed by atoms with van der Waals surface area (Å²) in [6, 6.07) is 0.752. The molecular weight excluding hydrogens is 227 g/mol. The van der Waals surface area contributed by atoms with E-state index in [1.54, 1.807) is 0 Å². The number of hydrogen-bond donors (Lipinski definition) is 0. The Morgan fingerprint density at radius 2 is 1.71 bits per heavy atom. The lowest BCUT2D eigenvalue weighted by Gasteiger charge is -2.39. The first-order chi connectivity index (χ1) is 6.03. The Hall–Kier alpha value is -1.36. The Labute approximate surface area is 75.9 Å². The summed E-state index contributed by atoms with van der Waals surface area (Å²) in [7, 11) is -9.63. The van der Waals surface area contributed by atoms with Gasteiger partial charge in [-0.15, -0.1) is 4.98 Å². The molecule has 1 aromatic heterocycles. The lowest BCUT2D eigenvalue weighted by Crippen LogP contribution is -2.05. The van der Waals surface area contributed by atoms with Crippen LogP contribution in [0.4, 0.5) is 25.2 Å². The van der Waals surface area contributed by atoms with Gasteiger partial charge in [-0.3, -0.25) is 0 Å². The molecule has 1 rings (SSSR count). The van der Waals surface area contributed by atoms with Crippen LogP contribution in [0, 0.1) is 6.57 Å². The van der Waals surface area contributed by atoms with E-state index in [1.807, 2.05) is 0 Å². The van der Waals surface area contributed by atoms with Crippen LogP contribution in [-0.4, -0.2) is 4.98 Å². The van der Waals surface area contributed by atoms with Gasteiger partial charge in [0.15, 0.2) is 0 Å². The Kier molecular flexibility index (Phi) is 1.66. The summed E-state index contributed by atoms with van der Waals surface area (Å²) < 4.78 is 60.3. The van der Waals surface area contributed by atoms with Gasteiger partial charge < -0.3 is 4.85 Å². The van der Waals surface area contributed by atoms with E-state index in [0.717, 1.165) is 0 Å². The summed E-state index contributed by atoms with van der Waals surface area (Å²) >= 11 is 0. The molecule has 2 nitrogen and oxygen atoms in total. The topological polar surface area (TPSA) is 17.2 Å². The third-order valence-electron chi connectivity index (χ3n) is 1.28. The fourth-order valence-corrected chi connectivity index (χ4v) is 1.24. The minimum atomic E-state index is -9.63. The first-order valence-electron chi connectivity index (χ1n) is 3.10. The summed E-state index contributed by atoms with van der Waals surface area (Å²) in [6.45, 7) is 6.37. The molecule has 0 radical (unpaired) electrons. The van der Waals surface area contributed by atoms with Gasteiger partial charge in [0, 0.05) is 0 Å². The van der Waals surface area contributed by atoms with Crippen molar-refractivity contribution in [2.24, 2.45) is 0 Å². The number of rotatable bonds is 1. The van der Waals surface area contributed by atoms with Crippen LogP contribution in [0.5, 0.6) is 0 Å².